The normalized spacial score (nSPS) is 27.0. The molecule has 2 amide bonds. The molecule has 0 unspecified atom stereocenters. The maximum absolute atomic E-state index is 12.9. The monoisotopic (exact) mass is 364 g/mol. The average molecular weight is 364 g/mol. The van der Waals surface area contributed by atoms with Crippen molar-refractivity contribution in [2.24, 2.45) is 5.92 Å². The van der Waals surface area contributed by atoms with E-state index in [0.29, 0.717) is 12.5 Å². The molecule has 2 fully saturated rings. The highest BCUT2D eigenvalue weighted by molar-refractivity contribution is 5.82. The lowest BCUT2D eigenvalue weighted by Crippen LogP contribution is -2.47. The Morgan fingerprint density at radius 3 is 2.07 bits per heavy atom. The molecule has 0 radical (unpaired) electrons. The van der Waals surface area contributed by atoms with E-state index < -0.39 is 6.09 Å². The Bertz CT molecular complexity index is 803. The van der Waals surface area contributed by atoms with Gasteiger partial charge in [-0.2, -0.15) is 0 Å². The molecule has 27 heavy (non-hydrogen) atoms. The maximum atomic E-state index is 12.9. The molecule has 140 valence electrons. The van der Waals surface area contributed by atoms with Gasteiger partial charge in [0.2, 0.25) is 5.91 Å². The molecule has 1 heterocycles. The number of amides is 2. The van der Waals surface area contributed by atoms with Crippen LogP contribution in [0.1, 0.15) is 35.8 Å². The number of nitrogens with one attached hydrogen (secondary N) is 1. The second-order valence-corrected chi connectivity index (χ2v) is 7.60. The van der Waals surface area contributed by atoms with Crippen molar-refractivity contribution in [3.63, 3.8) is 0 Å². The third-order valence-corrected chi connectivity index (χ3v) is 5.91. The molecule has 2 aliphatic rings. The number of carbonyl (C=O) groups excluding carboxylic acids is 1. The van der Waals surface area contributed by atoms with Crippen molar-refractivity contribution in [3.8, 4) is 0 Å². The first-order valence-electron chi connectivity index (χ1n) is 9.50. The van der Waals surface area contributed by atoms with Gasteiger partial charge in [0.05, 0.1) is 5.92 Å². The Balaban J connectivity index is 1.40. The zero-order chi connectivity index (χ0) is 18.8. The van der Waals surface area contributed by atoms with Crippen molar-refractivity contribution >= 4 is 12.0 Å². The van der Waals surface area contributed by atoms with Gasteiger partial charge in [-0.3, -0.25) is 4.79 Å². The van der Waals surface area contributed by atoms with Gasteiger partial charge in [0.25, 0.3) is 0 Å². The predicted octanol–water partition coefficient (Wildman–Crippen LogP) is 3.44. The minimum absolute atomic E-state index is 0.0240. The lowest BCUT2D eigenvalue weighted by molar-refractivity contribution is -0.126. The van der Waals surface area contributed by atoms with Crippen LogP contribution in [-0.4, -0.2) is 41.1 Å². The number of benzene rings is 2. The number of likely N-dealkylation sites (tertiary alicyclic amines) is 1. The summed E-state index contributed by atoms with van der Waals surface area (Å²) in [5, 5.41) is 12.5. The highest BCUT2D eigenvalue weighted by Gasteiger charge is 2.42. The molecule has 0 bridgehead atoms. The van der Waals surface area contributed by atoms with E-state index in [1.807, 2.05) is 48.5 Å². The minimum Gasteiger partial charge on any atom is -0.465 e. The van der Waals surface area contributed by atoms with Gasteiger partial charge in [0.15, 0.2) is 0 Å². The molecule has 5 nitrogen and oxygen atoms in total. The molecule has 2 aromatic carbocycles. The average Bonchev–Trinajstić information content (AvgIpc) is 3.11. The number of nitrogens with zero attached hydrogens (tertiary/aromatic N) is 1. The van der Waals surface area contributed by atoms with E-state index in [0.717, 1.165) is 18.4 Å². The van der Waals surface area contributed by atoms with Crippen LogP contribution in [0.25, 0.3) is 0 Å². The predicted molar refractivity (Wildman–Crippen MR) is 103 cm³/mol. The lowest BCUT2D eigenvalue weighted by atomic mass is 9.75. The highest BCUT2D eigenvalue weighted by Crippen LogP contribution is 2.38. The van der Waals surface area contributed by atoms with Crippen LogP contribution in [0.3, 0.4) is 0 Å². The van der Waals surface area contributed by atoms with Crippen molar-refractivity contribution in [1.29, 1.82) is 0 Å². The van der Waals surface area contributed by atoms with Gasteiger partial charge in [-0.1, -0.05) is 60.7 Å². The van der Waals surface area contributed by atoms with E-state index >= 15 is 0 Å². The Morgan fingerprint density at radius 1 is 0.889 bits per heavy atom. The first kappa shape index (κ1) is 17.6. The third-order valence-electron chi connectivity index (χ3n) is 5.91. The summed E-state index contributed by atoms with van der Waals surface area (Å²) in [4.78, 5) is 25.7. The van der Waals surface area contributed by atoms with E-state index in [1.54, 1.807) is 0 Å². The van der Waals surface area contributed by atoms with Crippen molar-refractivity contribution < 1.29 is 14.7 Å². The number of hydrogen-bond acceptors (Lipinski definition) is 2. The second-order valence-electron chi connectivity index (χ2n) is 7.60. The molecule has 2 atom stereocenters. The summed E-state index contributed by atoms with van der Waals surface area (Å²) in [5.41, 5.74) is 2.35. The van der Waals surface area contributed by atoms with E-state index in [-0.39, 0.29) is 30.3 Å². The molecule has 2 aromatic rings. The highest BCUT2D eigenvalue weighted by atomic mass is 16.4. The van der Waals surface area contributed by atoms with Crippen LogP contribution in [0.4, 0.5) is 4.79 Å². The fourth-order valence-electron chi connectivity index (χ4n) is 4.30. The summed E-state index contributed by atoms with van der Waals surface area (Å²) < 4.78 is 0. The number of rotatable bonds is 4. The zero-order valence-electron chi connectivity index (χ0n) is 15.1. The smallest absolute Gasteiger partial charge is 0.407 e. The Morgan fingerprint density at radius 2 is 1.48 bits per heavy atom. The molecule has 0 aromatic heterocycles. The van der Waals surface area contributed by atoms with Crippen LogP contribution >= 0.6 is 0 Å². The molecular formula is C22H24N2O3. The van der Waals surface area contributed by atoms with Gasteiger partial charge in [0, 0.05) is 25.0 Å². The summed E-state index contributed by atoms with van der Waals surface area (Å²) in [5.74, 6) is 0.0520. The molecule has 1 aliphatic heterocycles. The molecule has 1 saturated heterocycles. The fraction of sp³-hybridized carbons (Fsp3) is 0.364. The van der Waals surface area contributed by atoms with Crippen LogP contribution in [0.2, 0.25) is 0 Å². The topological polar surface area (TPSA) is 69.6 Å². The molecule has 4 rings (SSSR count). The van der Waals surface area contributed by atoms with Crippen molar-refractivity contribution in [3.05, 3.63) is 71.8 Å². The molecule has 5 heteroatoms. The summed E-state index contributed by atoms with van der Waals surface area (Å²) in [6, 6.07) is 20.3. The van der Waals surface area contributed by atoms with Gasteiger partial charge < -0.3 is 15.3 Å². The van der Waals surface area contributed by atoms with E-state index in [2.05, 4.69) is 17.4 Å². The van der Waals surface area contributed by atoms with Crippen molar-refractivity contribution in [2.75, 3.05) is 13.1 Å². The standard InChI is InChI=1S/C22H24N2O3/c25-21(23-18-11-17(12-18)15-7-3-1-4-8-15)20-14-24(22(26)27)13-19(20)16-9-5-2-6-10-16/h1-10,17-20H,11-14H2,(H,23,25)(H,26,27)/t17?,18?,19-,20+/m0/s1. The molecular weight excluding hydrogens is 340 g/mol. The number of carboxylic acid groups (broad SMARTS) is 1. The first-order chi connectivity index (χ1) is 13.1. The van der Waals surface area contributed by atoms with Gasteiger partial charge in [0.1, 0.15) is 0 Å². The summed E-state index contributed by atoms with van der Waals surface area (Å²) >= 11 is 0. The molecule has 1 saturated carbocycles. The summed E-state index contributed by atoms with van der Waals surface area (Å²) in [6.07, 6.45) is 0.932. The van der Waals surface area contributed by atoms with Gasteiger partial charge in [-0.05, 0) is 29.9 Å². The molecule has 2 N–H and O–H groups in total. The number of hydrogen-bond donors (Lipinski definition) is 2. The van der Waals surface area contributed by atoms with Crippen LogP contribution in [-0.2, 0) is 4.79 Å². The van der Waals surface area contributed by atoms with E-state index in [1.165, 1.54) is 10.5 Å². The lowest BCUT2D eigenvalue weighted by Gasteiger charge is -2.37. The van der Waals surface area contributed by atoms with Crippen LogP contribution < -0.4 is 5.32 Å². The summed E-state index contributed by atoms with van der Waals surface area (Å²) in [7, 11) is 0. The van der Waals surface area contributed by atoms with Crippen molar-refractivity contribution in [2.45, 2.75) is 30.7 Å². The molecule has 1 aliphatic carbocycles. The molecule has 0 spiro atoms. The largest absolute Gasteiger partial charge is 0.465 e. The van der Waals surface area contributed by atoms with Gasteiger partial charge >= 0.3 is 6.09 Å². The Kier molecular flexibility index (Phi) is 4.84. The second kappa shape index (κ2) is 7.43. The fourth-order valence-corrected chi connectivity index (χ4v) is 4.30. The van der Waals surface area contributed by atoms with Crippen LogP contribution in [0, 0.1) is 5.92 Å². The maximum Gasteiger partial charge on any atom is 0.407 e. The van der Waals surface area contributed by atoms with Gasteiger partial charge in [-0.15, -0.1) is 0 Å². The van der Waals surface area contributed by atoms with E-state index in [9.17, 15) is 14.7 Å². The quantitative estimate of drug-likeness (QED) is 0.873. The van der Waals surface area contributed by atoms with Crippen LogP contribution in [0.15, 0.2) is 60.7 Å². The van der Waals surface area contributed by atoms with Crippen LogP contribution in [0.5, 0.6) is 0 Å². The first-order valence-corrected chi connectivity index (χ1v) is 9.50. The Hall–Kier alpha value is -2.82. The van der Waals surface area contributed by atoms with Crippen molar-refractivity contribution in [1.82, 2.24) is 10.2 Å². The number of carbonyl (C=O) groups is 2. The Labute approximate surface area is 159 Å². The SMILES string of the molecule is O=C(NC1CC(c2ccccc2)C1)[C@@H]1CN(C(=O)O)C[C@H]1c1ccccc1. The zero-order valence-corrected chi connectivity index (χ0v) is 15.1. The van der Waals surface area contributed by atoms with E-state index in [4.69, 9.17) is 0 Å². The van der Waals surface area contributed by atoms with Gasteiger partial charge in [-0.25, -0.2) is 4.79 Å². The minimum atomic E-state index is -0.959. The third kappa shape index (κ3) is 3.68. The summed E-state index contributed by atoms with van der Waals surface area (Å²) in [6.45, 7) is 0.629.